The van der Waals surface area contributed by atoms with E-state index in [2.05, 4.69) is 32.1 Å². The van der Waals surface area contributed by atoms with Gasteiger partial charge in [-0.05, 0) is 55.0 Å². The second kappa shape index (κ2) is 9.54. The maximum absolute atomic E-state index is 12.3. The van der Waals surface area contributed by atoms with Crippen LogP contribution in [0.15, 0.2) is 60.8 Å². The normalized spacial score (nSPS) is 12.2. The molecule has 30 heavy (non-hydrogen) atoms. The number of H-pyrrole nitrogens is 1. The lowest BCUT2D eigenvalue weighted by molar-refractivity contribution is -0.145. The van der Waals surface area contributed by atoms with Crippen LogP contribution in [0.25, 0.3) is 11.3 Å². The molecule has 7 heteroatoms. The molecule has 0 fully saturated rings. The average Bonchev–Trinajstić information content (AvgIpc) is 3.31. The van der Waals surface area contributed by atoms with Crippen molar-refractivity contribution >= 4 is 11.9 Å². The van der Waals surface area contributed by atoms with E-state index in [1.807, 2.05) is 30.3 Å². The monoisotopic (exact) mass is 403 g/mol. The number of nitrogens with one attached hydrogen (secondary N) is 2. The summed E-state index contributed by atoms with van der Waals surface area (Å²) in [6.07, 6.45) is 0.624. The molecule has 152 valence electrons. The van der Waals surface area contributed by atoms with Crippen LogP contribution in [0.5, 0.6) is 0 Å². The van der Waals surface area contributed by atoms with Crippen LogP contribution in [0.1, 0.15) is 28.4 Å². The molecule has 1 heterocycles. The summed E-state index contributed by atoms with van der Waals surface area (Å²) in [4.78, 5) is 24.0. The number of aliphatic hydroxyl groups excluding tert-OH is 1. The number of esters is 1. The summed E-state index contributed by atoms with van der Waals surface area (Å²) in [6, 6.07) is 15.2. The van der Waals surface area contributed by atoms with E-state index in [-0.39, 0.29) is 0 Å². The fourth-order valence-electron chi connectivity index (χ4n) is 2.73. The van der Waals surface area contributed by atoms with Crippen LogP contribution in [0, 0.1) is 11.8 Å². The van der Waals surface area contributed by atoms with Gasteiger partial charge in [-0.1, -0.05) is 24.0 Å². The molecule has 0 spiro atoms. The number of carbonyl (C=O) groups excluding carboxylic acids is 2. The predicted molar refractivity (Wildman–Crippen MR) is 111 cm³/mol. The van der Waals surface area contributed by atoms with Crippen LogP contribution < -0.4 is 5.32 Å². The highest BCUT2D eigenvalue weighted by Crippen LogP contribution is 2.16. The number of methoxy groups -OCH3 is 1. The van der Waals surface area contributed by atoms with Crippen LogP contribution >= 0.6 is 0 Å². The van der Waals surface area contributed by atoms with Crippen molar-refractivity contribution in [2.24, 2.45) is 0 Å². The average molecular weight is 403 g/mol. The van der Waals surface area contributed by atoms with Gasteiger partial charge >= 0.3 is 5.97 Å². The van der Waals surface area contributed by atoms with Crippen LogP contribution in [0.4, 0.5) is 0 Å². The highest BCUT2D eigenvalue weighted by Gasteiger charge is 2.26. The Hall–Kier alpha value is -3.89. The minimum atomic E-state index is -1.13. The van der Waals surface area contributed by atoms with Gasteiger partial charge in [0.2, 0.25) is 0 Å². The number of ether oxygens (including phenoxy) is 1. The molecule has 2 atom stereocenters. The summed E-state index contributed by atoms with van der Waals surface area (Å²) in [5.74, 6) is 4.94. The minimum Gasteiger partial charge on any atom is -0.467 e. The molecule has 0 unspecified atom stereocenters. The lowest BCUT2D eigenvalue weighted by atomic mass is 10.1. The molecule has 7 nitrogen and oxygen atoms in total. The van der Waals surface area contributed by atoms with Crippen molar-refractivity contribution < 1.29 is 19.4 Å². The molecule has 0 saturated heterocycles. The third-order valence-electron chi connectivity index (χ3n) is 4.42. The number of hydrogen-bond donors (Lipinski definition) is 3. The summed E-state index contributed by atoms with van der Waals surface area (Å²) in [5.41, 5.74) is 3.91. The number of aromatic nitrogens is 2. The Balaban J connectivity index is 1.66. The number of nitrogens with zero attached hydrogens (tertiary/aromatic N) is 1. The zero-order chi connectivity index (χ0) is 21.5. The van der Waals surface area contributed by atoms with Gasteiger partial charge in [0.15, 0.2) is 6.04 Å². The molecule has 0 aliphatic heterocycles. The van der Waals surface area contributed by atoms with Gasteiger partial charge in [-0.25, -0.2) is 4.79 Å². The first-order chi connectivity index (χ1) is 14.5. The molecule has 0 aliphatic carbocycles. The molecular weight excluding hydrogens is 382 g/mol. The lowest BCUT2D eigenvalue weighted by Crippen LogP contribution is -2.48. The van der Waals surface area contributed by atoms with Gasteiger partial charge in [0.1, 0.15) is 0 Å². The van der Waals surface area contributed by atoms with Gasteiger partial charge in [-0.2, -0.15) is 5.10 Å². The van der Waals surface area contributed by atoms with Gasteiger partial charge < -0.3 is 15.2 Å². The Morgan fingerprint density at radius 2 is 1.63 bits per heavy atom. The summed E-state index contributed by atoms with van der Waals surface area (Å²) >= 11 is 0. The van der Waals surface area contributed by atoms with Crippen molar-refractivity contribution in [2.45, 2.75) is 19.1 Å². The van der Waals surface area contributed by atoms with E-state index in [9.17, 15) is 14.7 Å². The first kappa shape index (κ1) is 20.8. The standard InChI is InChI=1S/C23H21N3O4/c1-15(27)21(23(29)30-2)25-22(28)19-11-7-17(8-12-19)4-3-16-5-9-18(10-6-16)20-13-14-24-26-20/h5-15,21,27H,1-2H3,(H,24,26)(H,25,28)/t15-,21+/m1/s1. The molecule has 3 rings (SSSR count). The zero-order valence-corrected chi connectivity index (χ0v) is 16.5. The topological polar surface area (TPSA) is 104 Å². The fourth-order valence-corrected chi connectivity index (χ4v) is 2.73. The molecular formula is C23H21N3O4. The maximum atomic E-state index is 12.3. The first-order valence-electron chi connectivity index (χ1n) is 9.26. The molecule has 3 N–H and O–H groups in total. The molecule has 2 aromatic carbocycles. The highest BCUT2D eigenvalue weighted by atomic mass is 16.5. The van der Waals surface area contributed by atoms with Crippen molar-refractivity contribution in [3.8, 4) is 23.1 Å². The van der Waals surface area contributed by atoms with Crippen molar-refractivity contribution in [3.63, 3.8) is 0 Å². The number of aliphatic hydroxyl groups is 1. The summed E-state index contributed by atoms with van der Waals surface area (Å²) in [7, 11) is 1.20. The number of benzene rings is 2. The number of carbonyl (C=O) groups is 2. The molecule has 0 aliphatic rings. The fraction of sp³-hybridized carbons (Fsp3) is 0.174. The van der Waals surface area contributed by atoms with E-state index in [1.54, 1.807) is 30.5 Å². The Kier molecular flexibility index (Phi) is 6.63. The molecule has 1 aromatic heterocycles. The summed E-state index contributed by atoms with van der Waals surface area (Å²) < 4.78 is 4.60. The quantitative estimate of drug-likeness (QED) is 0.447. The highest BCUT2D eigenvalue weighted by molar-refractivity contribution is 5.97. The van der Waals surface area contributed by atoms with E-state index in [0.29, 0.717) is 5.56 Å². The van der Waals surface area contributed by atoms with E-state index in [4.69, 9.17) is 0 Å². The van der Waals surface area contributed by atoms with Crippen molar-refractivity contribution in [1.82, 2.24) is 15.5 Å². The van der Waals surface area contributed by atoms with Crippen LogP contribution in [0.3, 0.4) is 0 Å². The maximum Gasteiger partial charge on any atom is 0.331 e. The van der Waals surface area contributed by atoms with Crippen molar-refractivity contribution in [1.29, 1.82) is 0 Å². The number of rotatable bonds is 5. The molecule has 0 saturated carbocycles. The lowest BCUT2D eigenvalue weighted by Gasteiger charge is -2.18. The second-order valence-electron chi connectivity index (χ2n) is 6.59. The molecule has 0 bridgehead atoms. The first-order valence-corrected chi connectivity index (χ1v) is 9.26. The van der Waals surface area contributed by atoms with Crippen LogP contribution in [-0.2, 0) is 9.53 Å². The second-order valence-corrected chi connectivity index (χ2v) is 6.59. The summed E-state index contributed by atoms with van der Waals surface area (Å²) in [6.45, 7) is 1.40. The van der Waals surface area contributed by atoms with Crippen LogP contribution in [0.2, 0.25) is 0 Å². The van der Waals surface area contributed by atoms with E-state index >= 15 is 0 Å². The SMILES string of the molecule is COC(=O)[C@@H](NC(=O)c1ccc(C#Cc2ccc(-c3ccn[nH]3)cc2)cc1)[C@@H](C)O. The van der Waals surface area contributed by atoms with Crippen molar-refractivity contribution in [3.05, 3.63) is 77.5 Å². The minimum absolute atomic E-state index is 0.346. The molecule has 3 aromatic rings. The molecule has 0 radical (unpaired) electrons. The molecule has 1 amide bonds. The van der Waals surface area contributed by atoms with E-state index in [1.165, 1.54) is 14.0 Å². The number of amides is 1. The third-order valence-corrected chi connectivity index (χ3v) is 4.42. The largest absolute Gasteiger partial charge is 0.467 e. The number of hydrogen-bond acceptors (Lipinski definition) is 5. The smallest absolute Gasteiger partial charge is 0.331 e. The van der Waals surface area contributed by atoms with Gasteiger partial charge in [-0.3, -0.25) is 9.89 Å². The Morgan fingerprint density at radius 1 is 1.03 bits per heavy atom. The Labute approximate surface area is 174 Å². The van der Waals surface area contributed by atoms with Gasteiger partial charge in [0.05, 0.1) is 18.9 Å². The Morgan fingerprint density at radius 3 is 2.13 bits per heavy atom. The van der Waals surface area contributed by atoms with Crippen LogP contribution in [-0.4, -0.2) is 46.4 Å². The Bertz CT molecular complexity index is 1060. The van der Waals surface area contributed by atoms with E-state index < -0.39 is 24.0 Å². The van der Waals surface area contributed by atoms with E-state index in [0.717, 1.165) is 22.4 Å². The zero-order valence-electron chi connectivity index (χ0n) is 16.5. The summed E-state index contributed by atoms with van der Waals surface area (Å²) in [5, 5.41) is 19.0. The van der Waals surface area contributed by atoms with Gasteiger partial charge in [0, 0.05) is 22.9 Å². The van der Waals surface area contributed by atoms with Gasteiger partial charge in [-0.15, -0.1) is 0 Å². The van der Waals surface area contributed by atoms with Gasteiger partial charge in [0.25, 0.3) is 5.91 Å². The predicted octanol–water partition coefficient (Wildman–Crippen LogP) is 2.13. The van der Waals surface area contributed by atoms with Crippen molar-refractivity contribution in [2.75, 3.05) is 7.11 Å². The third kappa shape index (κ3) is 5.13. The number of aromatic amines is 1.